The minimum Gasteiger partial charge on any atom is -0.496 e. The highest BCUT2D eigenvalue weighted by atomic mass is 16.5. The molecular weight excluding hydrogens is 384 g/mol. The molecule has 0 aliphatic heterocycles. The molecule has 0 spiro atoms. The van der Waals surface area contributed by atoms with Gasteiger partial charge in [0.1, 0.15) is 17.4 Å². The molecule has 2 amide bonds. The van der Waals surface area contributed by atoms with Crippen LogP contribution in [0.15, 0.2) is 48.5 Å². The number of carbonyl (C=O) groups excluding carboxylic acids is 3. The summed E-state index contributed by atoms with van der Waals surface area (Å²) in [5.41, 5.74) is 1.67. The van der Waals surface area contributed by atoms with Crippen LogP contribution < -0.4 is 15.4 Å². The van der Waals surface area contributed by atoms with Gasteiger partial charge < -0.3 is 20.1 Å². The van der Waals surface area contributed by atoms with Gasteiger partial charge in [-0.1, -0.05) is 50.2 Å². The highest BCUT2D eigenvalue weighted by molar-refractivity contribution is 5.93. The van der Waals surface area contributed by atoms with E-state index in [-0.39, 0.29) is 29.8 Å². The van der Waals surface area contributed by atoms with Gasteiger partial charge in [-0.2, -0.15) is 0 Å². The van der Waals surface area contributed by atoms with Gasteiger partial charge in [-0.15, -0.1) is 0 Å². The Morgan fingerprint density at radius 1 is 1.00 bits per heavy atom. The second kappa shape index (κ2) is 11.0. The van der Waals surface area contributed by atoms with E-state index in [1.54, 1.807) is 30.3 Å². The number of benzene rings is 2. The number of ether oxygens (including phenoxy) is 2. The number of carbonyl (C=O) groups is 3. The van der Waals surface area contributed by atoms with Crippen LogP contribution in [0.2, 0.25) is 0 Å². The van der Waals surface area contributed by atoms with Gasteiger partial charge in [-0.05, 0) is 29.2 Å². The van der Waals surface area contributed by atoms with Crippen LogP contribution in [0.5, 0.6) is 5.75 Å². The lowest BCUT2D eigenvalue weighted by Gasteiger charge is -2.20. The van der Waals surface area contributed by atoms with Gasteiger partial charge in [0.05, 0.1) is 14.2 Å². The van der Waals surface area contributed by atoms with Crippen molar-refractivity contribution in [1.82, 2.24) is 10.6 Å². The van der Waals surface area contributed by atoms with E-state index < -0.39 is 12.0 Å². The van der Waals surface area contributed by atoms with Crippen LogP contribution in [0.25, 0.3) is 0 Å². The highest BCUT2D eigenvalue weighted by Gasteiger charge is 2.23. The molecule has 0 aliphatic carbocycles. The fourth-order valence-electron chi connectivity index (χ4n) is 2.96. The number of hydrogen-bond acceptors (Lipinski definition) is 5. The molecule has 7 heteroatoms. The van der Waals surface area contributed by atoms with Crippen molar-refractivity contribution in [3.8, 4) is 5.75 Å². The standard InChI is InChI=1S/C23H28N2O5/c1-15(2)12-20(26)25-21(17-8-6-5-7-9-17)22(27)24-14-16-10-11-19(29-3)18(13-16)23(28)30-4/h5-11,13,15,21H,12,14H2,1-4H3,(H,24,27)(H,25,26). The van der Waals surface area contributed by atoms with Crippen LogP contribution in [0.1, 0.15) is 47.8 Å². The Balaban J connectivity index is 2.15. The Morgan fingerprint density at radius 3 is 2.30 bits per heavy atom. The van der Waals surface area contributed by atoms with Crippen LogP contribution >= 0.6 is 0 Å². The largest absolute Gasteiger partial charge is 0.496 e. The molecule has 0 radical (unpaired) electrons. The SMILES string of the molecule is COC(=O)c1cc(CNC(=O)C(NC(=O)CC(C)C)c2ccccc2)ccc1OC. The monoisotopic (exact) mass is 412 g/mol. The van der Waals surface area contributed by atoms with Gasteiger partial charge in [0, 0.05) is 13.0 Å². The van der Waals surface area contributed by atoms with Crippen molar-refractivity contribution in [3.63, 3.8) is 0 Å². The van der Waals surface area contributed by atoms with Crippen LogP contribution in [0.3, 0.4) is 0 Å². The van der Waals surface area contributed by atoms with Crippen molar-refractivity contribution in [1.29, 1.82) is 0 Å². The molecule has 2 N–H and O–H groups in total. The fourth-order valence-corrected chi connectivity index (χ4v) is 2.96. The summed E-state index contributed by atoms with van der Waals surface area (Å²) in [6.45, 7) is 4.07. The number of esters is 1. The van der Waals surface area contributed by atoms with Gasteiger partial charge in [-0.25, -0.2) is 4.79 Å². The zero-order chi connectivity index (χ0) is 22.1. The van der Waals surface area contributed by atoms with Crippen molar-refractivity contribution in [2.24, 2.45) is 5.92 Å². The molecule has 1 atom stereocenters. The third-order valence-corrected chi connectivity index (χ3v) is 4.43. The molecular formula is C23H28N2O5. The summed E-state index contributed by atoms with van der Waals surface area (Å²) >= 11 is 0. The lowest BCUT2D eigenvalue weighted by atomic mass is 10.0. The highest BCUT2D eigenvalue weighted by Crippen LogP contribution is 2.21. The summed E-state index contributed by atoms with van der Waals surface area (Å²) < 4.78 is 9.96. The molecule has 2 aromatic rings. The molecule has 0 bridgehead atoms. The number of nitrogens with one attached hydrogen (secondary N) is 2. The van der Waals surface area contributed by atoms with Crippen LogP contribution in [0.4, 0.5) is 0 Å². The lowest BCUT2D eigenvalue weighted by Crippen LogP contribution is -2.40. The molecule has 0 saturated carbocycles. The second-order valence-corrected chi connectivity index (χ2v) is 7.25. The maximum atomic E-state index is 12.9. The number of amides is 2. The Labute approximate surface area is 176 Å². The molecule has 160 valence electrons. The maximum absolute atomic E-state index is 12.9. The molecule has 0 saturated heterocycles. The lowest BCUT2D eigenvalue weighted by molar-refractivity contribution is -0.129. The van der Waals surface area contributed by atoms with E-state index in [9.17, 15) is 14.4 Å². The summed E-state index contributed by atoms with van der Waals surface area (Å²) in [5, 5.41) is 5.64. The van der Waals surface area contributed by atoms with E-state index in [0.717, 1.165) is 0 Å². The first-order chi connectivity index (χ1) is 14.3. The second-order valence-electron chi connectivity index (χ2n) is 7.25. The maximum Gasteiger partial charge on any atom is 0.341 e. The van der Waals surface area contributed by atoms with E-state index in [2.05, 4.69) is 10.6 Å². The summed E-state index contributed by atoms with van der Waals surface area (Å²) in [6.07, 6.45) is 0.331. The van der Waals surface area contributed by atoms with E-state index in [1.807, 2.05) is 32.0 Å². The Hall–Kier alpha value is -3.35. The molecule has 2 aromatic carbocycles. The third kappa shape index (κ3) is 6.34. The van der Waals surface area contributed by atoms with Crippen molar-refractivity contribution in [2.45, 2.75) is 32.9 Å². The molecule has 0 fully saturated rings. The molecule has 0 aromatic heterocycles. The van der Waals surface area contributed by atoms with Crippen molar-refractivity contribution in [2.75, 3.05) is 14.2 Å². The number of methoxy groups -OCH3 is 2. The van der Waals surface area contributed by atoms with E-state index in [1.165, 1.54) is 14.2 Å². The summed E-state index contributed by atoms with van der Waals surface area (Å²) in [7, 11) is 2.76. The zero-order valence-corrected chi connectivity index (χ0v) is 17.7. The summed E-state index contributed by atoms with van der Waals surface area (Å²) in [6, 6.07) is 13.3. The van der Waals surface area contributed by atoms with E-state index >= 15 is 0 Å². The topological polar surface area (TPSA) is 93.7 Å². The van der Waals surface area contributed by atoms with Crippen LogP contribution in [-0.4, -0.2) is 32.0 Å². The predicted octanol–water partition coefficient (Wildman–Crippen LogP) is 3.00. The van der Waals surface area contributed by atoms with Gasteiger partial charge in [0.15, 0.2) is 0 Å². The average Bonchev–Trinajstić information content (AvgIpc) is 2.75. The van der Waals surface area contributed by atoms with Crippen molar-refractivity contribution >= 4 is 17.8 Å². The van der Waals surface area contributed by atoms with E-state index in [0.29, 0.717) is 23.3 Å². The van der Waals surface area contributed by atoms with Gasteiger partial charge in [0.25, 0.3) is 0 Å². The fraction of sp³-hybridized carbons (Fsp3) is 0.348. The molecule has 2 rings (SSSR count). The minimum atomic E-state index is -0.809. The first-order valence-corrected chi connectivity index (χ1v) is 9.73. The van der Waals surface area contributed by atoms with Crippen LogP contribution in [-0.2, 0) is 20.9 Å². The Morgan fingerprint density at radius 2 is 1.70 bits per heavy atom. The number of rotatable bonds is 9. The van der Waals surface area contributed by atoms with Gasteiger partial charge >= 0.3 is 5.97 Å². The Bertz CT molecular complexity index is 880. The molecule has 30 heavy (non-hydrogen) atoms. The number of hydrogen-bond donors (Lipinski definition) is 2. The van der Waals surface area contributed by atoms with Gasteiger partial charge in [-0.3, -0.25) is 9.59 Å². The van der Waals surface area contributed by atoms with Crippen LogP contribution in [0, 0.1) is 5.92 Å². The smallest absolute Gasteiger partial charge is 0.341 e. The molecule has 7 nitrogen and oxygen atoms in total. The summed E-state index contributed by atoms with van der Waals surface area (Å²) in [5.74, 6) is -0.483. The average molecular weight is 412 g/mol. The van der Waals surface area contributed by atoms with Gasteiger partial charge in [0.2, 0.25) is 11.8 Å². The van der Waals surface area contributed by atoms with Crippen molar-refractivity contribution in [3.05, 3.63) is 65.2 Å². The Kier molecular flexibility index (Phi) is 8.41. The van der Waals surface area contributed by atoms with Crippen molar-refractivity contribution < 1.29 is 23.9 Å². The first kappa shape index (κ1) is 22.9. The normalized spacial score (nSPS) is 11.5. The zero-order valence-electron chi connectivity index (χ0n) is 17.7. The molecule has 1 unspecified atom stereocenters. The molecule has 0 heterocycles. The van der Waals surface area contributed by atoms with E-state index in [4.69, 9.17) is 9.47 Å². The quantitative estimate of drug-likeness (QED) is 0.618. The molecule has 0 aliphatic rings. The first-order valence-electron chi connectivity index (χ1n) is 9.73. The summed E-state index contributed by atoms with van der Waals surface area (Å²) in [4.78, 5) is 37.1. The third-order valence-electron chi connectivity index (χ3n) is 4.43. The minimum absolute atomic E-state index is 0.177. The predicted molar refractivity (Wildman–Crippen MR) is 113 cm³/mol.